The summed E-state index contributed by atoms with van der Waals surface area (Å²) in [6.07, 6.45) is 0. The van der Waals surface area contributed by atoms with Crippen LogP contribution in [0.2, 0.25) is 0 Å². The number of hydrogen-bond acceptors (Lipinski definition) is 4. The number of carbonyl (C=O) groups excluding carboxylic acids is 2. The van der Waals surface area contributed by atoms with Crippen LogP contribution in [0.3, 0.4) is 0 Å². The Morgan fingerprint density at radius 2 is 1.84 bits per heavy atom. The number of benzene rings is 1. The van der Waals surface area contributed by atoms with E-state index in [4.69, 9.17) is 0 Å². The van der Waals surface area contributed by atoms with Gasteiger partial charge in [0.05, 0.1) is 19.2 Å². The molecule has 1 atom stereocenters. The summed E-state index contributed by atoms with van der Waals surface area (Å²) in [6, 6.07) is 7.87. The van der Waals surface area contributed by atoms with Crippen LogP contribution in [0.15, 0.2) is 18.2 Å². The minimum Gasteiger partial charge on any atom is -0.337 e. The van der Waals surface area contributed by atoms with E-state index < -0.39 is 5.54 Å². The number of carbonyl (C=O) groups is 2. The number of amides is 2. The SMILES string of the molecule is Cc1cccc(NC(=O)CN(C)CC(=O)N[C@@](C)(C#N)C(C)C)c1C. The van der Waals surface area contributed by atoms with Crippen molar-refractivity contribution in [1.29, 1.82) is 5.26 Å². The Bertz CT molecular complexity index is 678. The number of nitrogens with one attached hydrogen (secondary N) is 2. The topological polar surface area (TPSA) is 85.2 Å². The average molecular weight is 344 g/mol. The predicted octanol–water partition coefficient (Wildman–Crippen LogP) is 2.23. The minimum absolute atomic E-state index is 0.0145. The van der Waals surface area contributed by atoms with Crippen molar-refractivity contribution in [2.75, 3.05) is 25.5 Å². The van der Waals surface area contributed by atoms with Gasteiger partial charge in [0, 0.05) is 5.69 Å². The highest BCUT2D eigenvalue weighted by Gasteiger charge is 2.30. The molecule has 2 amide bonds. The molecular weight excluding hydrogens is 316 g/mol. The Hall–Kier alpha value is -2.39. The molecule has 0 unspecified atom stereocenters. The van der Waals surface area contributed by atoms with Gasteiger partial charge in [-0.25, -0.2) is 0 Å². The first-order chi connectivity index (χ1) is 11.6. The molecule has 0 heterocycles. The lowest BCUT2D eigenvalue weighted by atomic mass is 9.90. The first-order valence-corrected chi connectivity index (χ1v) is 8.36. The van der Waals surface area contributed by atoms with E-state index in [1.54, 1.807) is 18.9 Å². The van der Waals surface area contributed by atoms with E-state index in [0.717, 1.165) is 16.8 Å². The second kappa shape index (κ2) is 8.63. The third kappa shape index (κ3) is 5.87. The Morgan fingerprint density at radius 1 is 1.24 bits per heavy atom. The van der Waals surface area contributed by atoms with E-state index in [9.17, 15) is 14.9 Å². The molecule has 0 aliphatic carbocycles. The number of anilines is 1. The van der Waals surface area contributed by atoms with Gasteiger partial charge >= 0.3 is 0 Å². The maximum Gasteiger partial charge on any atom is 0.238 e. The van der Waals surface area contributed by atoms with Gasteiger partial charge in [-0.05, 0) is 50.9 Å². The number of rotatable bonds is 7. The predicted molar refractivity (Wildman–Crippen MR) is 99.0 cm³/mol. The lowest BCUT2D eigenvalue weighted by Crippen LogP contribution is -2.51. The van der Waals surface area contributed by atoms with Crippen LogP contribution >= 0.6 is 0 Å². The van der Waals surface area contributed by atoms with Crippen molar-refractivity contribution in [1.82, 2.24) is 10.2 Å². The quantitative estimate of drug-likeness (QED) is 0.794. The zero-order valence-corrected chi connectivity index (χ0v) is 15.9. The van der Waals surface area contributed by atoms with E-state index in [1.807, 2.05) is 45.9 Å². The molecule has 0 bridgehead atoms. The van der Waals surface area contributed by atoms with Gasteiger partial charge in [-0.15, -0.1) is 0 Å². The molecule has 6 heteroatoms. The molecule has 0 fully saturated rings. The summed E-state index contributed by atoms with van der Waals surface area (Å²) in [6.45, 7) is 9.54. The Morgan fingerprint density at radius 3 is 2.40 bits per heavy atom. The lowest BCUT2D eigenvalue weighted by molar-refractivity contribution is -0.124. The average Bonchev–Trinajstić information content (AvgIpc) is 2.50. The molecule has 6 nitrogen and oxygen atoms in total. The maximum absolute atomic E-state index is 12.2. The number of hydrogen-bond donors (Lipinski definition) is 2. The fourth-order valence-electron chi connectivity index (χ4n) is 2.25. The monoisotopic (exact) mass is 344 g/mol. The molecule has 0 spiro atoms. The molecule has 0 aliphatic heterocycles. The Kier molecular flexibility index (Phi) is 7.13. The summed E-state index contributed by atoms with van der Waals surface area (Å²) in [5, 5.41) is 14.9. The molecule has 0 radical (unpaired) electrons. The van der Waals surface area contributed by atoms with Crippen molar-refractivity contribution in [2.24, 2.45) is 5.92 Å². The first-order valence-electron chi connectivity index (χ1n) is 8.36. The largest absolute Gasteiger partial charge is 0.337 e. The summed E-state index contributed by atoms with van der Waals surface area (Å²) in [7, 11) is 1.70. The maximum atomic E-state index is 12.2. The molecule has 0 aliphatic rings. The van der Waals surface area contributed by atoms with Gasteiger partial charge in [-0.3, -0.25) is 14.5 Å². The fourth-order valence-corrected chi connectivity index (χ4v) is 2.25. The molecule has 136 valence electrons. The summed E-state index contributed by atoms with van der Waals surface area (Å²) >= 11 is 0. The summed E-state index contributed by atoms with van der Waals surface area (Å²) < 4.78 is 0. The molecule has 0 aromatic heterocycles. The number of nitrogens with zero attached hydrogens (tertiary/aromatic N) is 2. The van der Waals surface area contributed by atoms with Crippen LogP contribution in [-0.4, -0.2) is 42.4 Å². The van der Waals surface area contributed by atoms with E-state index in [-0.39, 0.29) is 30.8 Å². The highest BCUT2D eigenvalue weighted by Crippen LogP contribution is 2.18. The minimum atomic E-state index is -0.918. The van der Waals surface area contributed by atoms with Crippen LogP contribution in [-0.2, 0) is 9.59 Å². The van der Waals surface area contributed by atoms with Gasteiger partial charge in [0.2, 0.25) is 11.8 Å². The zero-order valence-electron chi connectivity index (χ0n) is 15.9. The molecule has 0 saturated heterocycles. The lowest BCUT2D eigenvalue weighted by Gasteiger charge is -2.28. The summed E-state index contributed by atoms with van der Waals surface area (Å²) in [4.78, 5) is 25.9. The van der Waals surface area contributed by atoms with Crippen LogP contribution in [0.25, 0.3) is 0 Å². The van der Waals surface area contributed by atoms with E-state index in [2.05, 4.69) is 16.7 Å². The van der Waals surface area contributed by atoms with E-state index >= 15 is 0 Å². The summed E-state index contributed by atoms with van der Waals surface area (Å²) in [5.41, 5.74) is 1.99. The number of likely N-dealkylation sites (N-methyl/N-ethyl adjacent to an activating group) is 1. The number of nitriles is 1. The van der Waals surface area contributed by atoms with Gasteiger partial charge in [0.25, 0.3) is 0 Å². The van der Waals surface area contributed by atoms with Crippen molar-refractivity contribution < 1.29 is 9.59 Å². The molecular formula is C19H28N4O2. The summed E-state index contributed by atoms with van der Waals surface area (Å²) in [5.74, 6) is -0.477. The first kappa shape index (κ1) is 20.7. The van der Waals surface area contributed by atoms with E-state index in [0.29, 0.717) is 0 Å². The fraction of sp³-hybridized carbons (Fsp3) is 0.526. The molecule has 0 saturated carbocycles. The normalized spacial score (nSPS) is 13.2. The highest BCUT2D eigenvalue weighted by atomic mass is 16.2. The van der Waals surface area contributed by atoms with Gasteiger partial charge in [-0.1, -0.05) is 26.0 Å². The van der Waals surface area contributed by atoms with Crippen molar-refractivity contribution in [3.8, 4) is 6.07 Å². The molecule has 2 N–H and O–H groups in total. The standard InChI is InChI=1S/C19H28N4O2/c1-13(2)19(5,12-20)22-18(25)11-23(6)10-17(24)21-16-9-7-8-14(3)15(16)4/h7-9,13H,10-11H2,1-6H3,(H,21,24)(H,22,25)/t19-/m0/s1. The molecule has 1 aromatic carbocycles. The van der Waals surface area contributed by atoms with Crippen LogP contribution in [0.4, 0.5) is 5.69 Å². The van der Waals surface area contributed by atoms with Crippen molar-refractivity contribution in [2.45, 2.75) is 40.2 Å². The molecule has 25 heavy (non-hydrogen) atoms. The second-order valence-electron chi connectivity index (χ2n) is 6.98. The van der Waals surface area contributed by atoms with Crippen molar-refractivity contribution >= 4 is 17.5 Å². The van der Waals surface area contributed by atoms with Crippen LogP contribution < -0.4 is 10.6 Å². The van der Waals surface area contributed by atoms with Gasteiger partial charge in [-0.2, -0.15) is 5.26 Å². The second-order valence-corrected chi connectivity index (χ2v) is 6.98. The van der Waals surface area contributed by atoms with Crippen molar-refractivity contribution in [3.05, 3.63) is 29.3 Å². The van der Waals surface area contributed by atoms with E-state index in [1.165, 1.54) is 0 Å². The third-order valence-corrected chi connectivity index (χ3v) is 4.49. The number of aryl methyl sites for hydroxylation is 1. The third-order valence-electron chi connectivity index (χ3n) is 4.49. The van der Waals surface area contributed by atoms with Crippen molar-refractivity contribution in [3.63, 3.8) is 0 Å². The van der Waals surface area contributed by atoms with Gasteiger partial charge in [0.15, 0.2) is 0 Å². The van der Waals surface area contributed by atoms with Crippen LogP contribution in [0.1, 0.15) is 31.9 Å². The molecule has 1 rings (SSSR count). The highest BCUT2D eigenvalue weighted by molar-refractivity contribution is 5.93. The van der Waals surface area contributed by atoms with Crippen LogP contribution in [0, 0.1) is 31.1 Å². The van der Waals surface area contributed by atoms with Crippen LogP contribution in [0.5, 0.6) is 0 Å². The van der Waals surface area contributed by atoms with Gasteiger partial charge < -0.3 is 10.6 Å². The molecule has 1 aromatic rings. The Labute approximate surface area is 150 Å². The Balaban J connectivity index is 2.57. The smallest absolute Gasteiger partial charge is 0.238 e. The van der Waals surface area contributed by atoms with Gasteiger partial charge in [0.1, 0.15) is 5.54 Å². The zero-order chi connectivity index (χ0) is 19.2.